The van der Waals surface area contributed by atoms with E-state index in [1.54, 1.807) is 0 Å². The number of hydrogen-bond acceptors (Lipinski definition) is 1. The largest absolute Gasteiger partial charge is 0.465 e. The number of benzene rings is 1. The van der Waals surface area contributed by atoms with E-state index in [1.807, 2.05) is 24.3 Å². The monoisotopic (exact) mass is 257 g/mol. The number of rotatable bonds is 4. The van der Waals surface area contributed by atoms with Crippen LogP contribution in [-0.2, 0) is 6.42 Å². The molecule has 0 fully saturated rings. The molecule has 0 bridgehead atoms. The second-order valence-corrected chi connectivity index (χ2v) is 3.88. The number of amides is 1. The van der Waals surface area contributed by atoms with Crippen LogP contribution in [0.25, 0.3) is 0 Å². The Kier molecular flexibility index (Phi) is 4.46. The lowest BCUT2D eigenvalue weighted by molar-refractivity contribution is 0.194. The predicted molar refractivity (Wildman–Crippen MR) is 58.5 cm³/mol. The summed E-state index contributed by atoms with van der Waals surface area (Å²) in [5.41, 5.74) is 1.22. The molecular weight excluding hydrogens is 246 g/mol. The first-order valence-electron chi connectivity index (χ1n) is 4.40. The quantitative estimate of drug-likeness (QED) is 0.815. The minimum absolute atomic E-state index is 0.505. The molecule has 2 N–H and O–H groups in total. The van der Waals surface area contributed by atoms with E-state index in [0.717, 1.165) is 17.3 Å². The molecule has 0 aliphatic heterocycles. The molecule has 0 aliphatic rings. The lowest BCUT2D eigenvalue weighted by Crippen LogP contribution is -2.22. The molecule has 0 aromatic heterocycles. The van der Waals surface area contributed by atoms with Crippen LogP contribution in [-0.4, -0.2) is 17.7 Å². The number of nitrogens with one attached hydrogen (secondary N) is 1. The number of halogens is 1. The zero-order valence-corrected chi connectivity index (χ0v) is 9.25. The van der Waals surface area contributed by atoms with Crippen LogP contribution in [0.5, 0.6) is 0 Å². The first-order valence-corrected chi connectivity index (χ1v) is 5.19. The van der Waals surface area contributed by atoms with Crippen LogP contribution in [0.15, 0.2) is 28.7 Å². The van der Waals surface area contributed by atoms with E-state index in [2.05, 4.69) is 21.2 Å². The van der Waals surface area contributed by atoms with Gasteiger partial charge < -0.3 is 10.4 Å². The topological polar surface area (TPSA) is 49.3 Å². The molecule has 0 unspecified atom stereocenters. The van der Waals surface area contributed by atoms with Crippen LogP contribution in [0.2, 0.25) is 0 Å². The third-order valence-electron chi connectivity index (χ3n) is 1.83. The highest BCUT2D eigenvalue weighted by Gasteiger charge is 1.95. The highest BCUT2D eigenvalue weighted by Crippen LogP contribution is 2.11. The summed E-state index contributed by atoms with van der Waals surface area (Å²) < 4.78 is 1.06. The Bertz CT molecular complexity index is 297. The van der Waals surface area contributed by atoms with Gasteiger partial charge in [0.15, 0.2) is 0 Å². The van der Waals surface area contributed by atoms with Gasteiger partial charge in [0, 0.05) is 11.0 Å². The van der Waals surface area contributed by atoms with Gasteiger partial charge >= 0.3 is 6.09 Å². The smallest absolute Gasteiger partial charge is 0.404 e. The second kappa shape index (κ2) is 5.65. The molecule has 3 nitrogen and oxygen atoms in total. The van der Waals surface area contributed by atoms with E-state index in [9.17, 15) is 4.79 Å². The molecular formula is C10H12BrNO2. The summed E-state index contributed by atoms with van der Waals surface area (Å²) in [6.07, 6.45) is 0.766. The van der Waals surface area contributed by atoms with Crippen LogP contribution in [0.4, 0.5) is 4.79 Å². The number of carbonyl (C=O) groups is 1. The lowest BCUT2D eigenvalue weighted by Gasteiger charge is -2.01. The average molecular weight is 258 g/mol. The fraction of sp³-hybridized carbons (Fsp3) is 0.300. The summed E-state index contributed by atoms with van der Waals surface area (Å²) in [6, 6.07) is 8.04. The molecule has 4 heteroatoms. The van der Waals surface area contributed by atoms with Gasteiger partial charge in [-0.3, -0.25) is 0 Å². The van der Waals surface area contributed by atoms with E-state index in [4.69, 9.17) is 5.11 Å². The number of hydrogen-bond donors (Lipinski definition) is 2. The fourth-order valence-corrected chi connectivity index (χ4v) is 1.40. The van der Waals surface area contributed by atoms with Crippen molar-refractivity contribution in [2.75, 3.05) is 6.54 Å². The molecule has 1 aromatic carbocycles. The van der Waals surface area contributed by atoms with Crippen LogP contribution in [0.1, 0.15) is 12.0 Å². The maximum Gasteiger partial charge on any atom is 0.404 e. The van der Waals surface area contributed by atoms with Crippen molar-refractivity contribution in [3.63, 3.8) is 0 Å². The fourth-order valence-electron chi connectivity index (χ4n) is 1.14. The molecule has 0 saturated heterocycles. The minimum atomic E-state index is -0.958. The van der Waals surface area contributed by atoms with Crippen molar-refractivity contribution < 1.29 is 9.90 Å². The Morgan fingerprint density at radius 1 is 1.36 bits per heavy atom. The summed E-state index contributed by atoms with van der Waals surface area (Å²) in [7, 11) is 0. The molecule has 14 heavy (non-hydrogen) atoms. The average Bonchev–Trinajstić information content (AvgIpc) is 2.15. The Hall–Kier alpha value is -1.03. The predicted octanol–water partition coefficient (Wildman–Crippen LogP) is 2.65. The Labute approximate surface area is 91.3 Å². The van der Waals surface area contributed by atoms with Gasteiger partial charge in [0.25, 0.3) is 0 Å². The molecule has 0 aliphatic carbocycles. The molecule has 0 saturated carbocycles. The van der Waals surface area contributed by atoms with E-state index in [1.165, 1.54) is 5.56 Å². The highest BCUT2D eigenvalue weighted by molar-refractivity contribution is 9.10. The van der Waals surface area contributed by atoms with E-state index < -0.39 is 6.09 Å². The van der Waals surface area contributed by atoms with Crippen LogP contribution in [0.3, 0.4) is 0 Å². The van der Waals surface area contributed by atoms with Crippen molar-refractivity contribution >= 4 is 22.0 Å². The Balaban J connectivity index is 2.25. The summed E-state index contributed by atoms with van der Waals surface area (Å²) in [4.78, 5) is 10.1. The standard InChI is InChI=1S/C10H12BrNO2/c11-9-5-3-8(4-6-9)2-1-7-12-10(13)14/h3-6,12H,1-2,7H2,(H,13,14). The molecule has 1 amide bonds. The van der Waals surface area contributed by atoms with E-state index in [-0.39, 0.29) is 0 Å². The van der Waals surface area contributed by atoms with Crippen LogP contribution < -0.4 is 5.32 Å². The Morgan fingerprint density at radius 2 is 2.00 bits per heavy atom. The summed E-state index contributed by atoms with van der Waals surface area (Å²) in [5, 5.41) is 10.7. The summed E-state index contributed by atoms with van der Waals surface area (Å²) in [5.74, 6) is 0. The molecule has 0 heterocycles. The molecule has 76 valence electrons. The first-order chi connectivity index (χ1) is 6.68. The molecule has 0 atom stereocenters. The number of aryl methyl sites for hydroxylation is 1. The van der Waals surface area contributed by atoms with Crippen molar-refractivity contribution in [1.29, 1.82) is 0 Å². The lowest BCUT2D eigenvalue weighted by atomic mass is 10.1. The van der Waals surface area contributed by atoms with Gasteiger partial charge in [-0.15, -0.1) is 0 Å². The van der Waals surface area contributed by atoms with Gasteiger partial charge in [0.1, 0.15) is 0 Å². The summed E-state index contributed by atoms with van der Waals surface area (Å²) >= 11 is 3.36. The zero-order chi connectivity index (χ0) is 10.4. The van der Waals surface area contributed by atoms with Gasteiger partial charge in [-0.2, -0.15) is 0 Å². The molecule has 1 rings (SSSR count). The highest BCUT2D eigenvalue weighted by atomic mass is 79.9. The van der Waals surface area contributed by atoms with E-state index in [0.29, 0.717) is 6.54 Å². The van der Waals surface area contributed by atoms with Crippen LogP contribution >= 0.6 is 15.9 Å². The van der Waals surface area contributed by atoms with Gasteiger partial charge in [-0.25, -0.2) is 4.79 Å². The van der Waals surface area contributed by atoms with Crippen molar-refractivity contribution in [1.82, 2.24) is 5.32 Å². The van der Waals surface area contributed by atoms with Gasteiger partial charge in [-0.05, 0) is 30.5 Å². The zero-order valence-electron chi connectivity index (χ0n) is 7.66. The van der Waals surface area contributed by atoms with Crippen molar-refractivity contribution in [3.05, 3.63) is 34.3 Å². The van der Waals surface area contributed by atoms with Crippen molar-refractivity contribution in [3.8, 4) is 0 Å². The van der Waals surface area contributed by atoms with Crippen molar-refractivity contribution in [2.24, 2.45) is 0 Å². The number of carboxylic acid groups (broad SMARTS) is 1. The SMILES string of the molecule is O=C(O)NCCCc1ccc(Br)cc1. The van der Waals surface area contributed by atoms with Gasteiger partial charge in [0.2, 0.25) is 0 Å². The normalized spacial score (nSPS) is 9.79. The molecule has 0 spiro atoms. The maximum atomic E-state index is 10.1. The third-order valence-corrected chi connectivity index (χ3v) is 2.36. The first kappa shape index (κ1) is 11.0. The maximum absolute atomic E-state index is 10.1. The third kappa shape index (κ3) is 4.28. The second-order valence-electron chi connectivity index (χ2n) is 2.96. The van der Waals surface area contributed by atoms with Crippen molar-refractivity contribution in [2.45, 2.75) is 12.8 Å². The minimum Gasteiger partial charge on any atom is -0.465 e. The summed E-state index contributed by atoms with van der Waals surface area (Å²) in [6.45, 7) is 0.505. The molecule has 1 aromatic rings. The van der Waals surface area contributed by atoms with Crippen LogP contribution in [0, 0.1) is 0 Å². The Morgan fingerprint density at radius 3 is 2.57 bits per heavy atom. The molecule has 0 radical (unpaired) electrons. The van der Waals surface area contributed by atoms with Gasteiger partial charge in [0.05, 0.1) is 0 Å². The van der Waals surface area contributed by atoms with E-state index >= 15 is 0 Å². The van der Waals surface area contributed by atoms with Gasteiger partial charge in [-0.1, -0.05) is 28.1 Å².